The van der Waals surface area contributed by atoms with Crippen molar-refractivity contribution in [1.82, 2.24) is 9.62 Å². The maximum absolute atomic E-state index is 12.9. The largest absolute Gasteiger partial charge is 0.355 e. The van der Waals surface area contributed by atoms with Crippen molar-refractivity contribution < 1.29 is 18.1 Å². The van der Waals surface area contributed by atoms with E-state index in [1.54, 1.807) is 0 Å². The van der Waals surface area contributed by atoms with E-state index < -0.39 is 31.6 Å². The predicted octanol–water partition coefficient (Wildman–Crippen LogP) is 1.93. The van der Waals surface area contributed by atoms with Crippen molar-refractivity contribution >= 4 is 33.2 Å². The second kappa shape index (κ2) is 7.45. The highest BCUT2D eigenvalue weighted by molar-refractivity contribution is 7.89. The minimum Gasteiger partial charge on any atom is -0.355 e. The van der Waals surface area contributed by atoms with Crippen molar-refractivity contribution in [3.63, 3.8) is 0 Å². The van der Waals surface area contributed by atoms with Gasteiger partial charge >= 0.3 is 0 Å². The number of carbonyl (C=O) groups excluding carboxylic acids is 1. The molecule has 132 valence electrons. The summed E-state index contributed by atoms with van der Waals surface area (Å²) in [6, 6.07) is 2.53. The van der Waals surface area contributed by atoms with Gasteiger partial charge < -0.3 is 5.32 Å². The van der Waals surface area contributed by atoms with Gasteiger partial charge in [-0.3, -0.25) is 14.9 Å². The summed E-state index contributed by atoms with van der Waals surface area (Å²) in [4.78, 5) is 22.1. The van der Waals surface area contributed by atoms with Gasteiger partial charge in [-0.15, -0.1) is 0 Å². The zero-order chi connectivity index (χ0) is 17.9. The highest BCUT2D eigenvalue weighted by Gasteiger charge is 2.41. The van der Waals surface area contributed by atoms with Crippen LogP contribution in [0.25, 0.3) is 0 Å². The van der Waals surface area contributed by atoms with E-state index in [0.29, 0.717) is 19.4 Å². The molecule has 8 nitrogen and oxygen atoms in total. The monoisotopic (exact) mass is 375 g/mol. The van der Waals surface area contributed by atoms with Gasteiger partial charge in [-0.25, -0.2) is 8.42 Å². The molecular weight excluding hydrogens is 358 g/mol. The first kappa shape index (κ1) is 18.6. The third kappa shape index (κ3) is 3.68. The fourth-order valence-corrected chi connectivity index (χ4v) is 4.60. The molecule has 0 spiro atoms. The average Bonchev–Trinajstić information content (AvgIpc) is 3.02. The molecule has 0 unspecified atom stereocenters. The van der Waals surface area contributed by atoms with E-state index in [2.05, 4.69) is 5.32 Å². The van der Waals surface area contributed by atoms with Crippen molar-refractivity contribution in [1.29, 1.82) is 0 Å². The molecule has 1 aromatic rings. The van der Waals surface area contributed by atoms with Crippen LogP contribution in [0.1, 0.15) is 26.2 Å². The number of sulfonamides is 1. The Morgan fingerprint density at radius 1 is 1.50 bits per heavy atom. The van der Waals surface area contributed by atoms with E-state index in [-0.39, 0.29) is 17.5 Å². The van der Waals surface area contributed by atoms with E-state index in [4.69, 9.17) is 11.6 Å². The lowest BCUT2D eigenvalue weighted by Crippen LogP contribution is -2.46. The van der Waals surface area contributed by atoms with E-state index in [1.807, 2.05) is 6.92 Å². The van der Waals surface area contributed by atoms with Crippen molar-refractivity contribution in [2.45, 2.75) is 37.1 Å². The van der Waals surface area contributed by atoms with Crippen LogP contribution in [0, 0.1) is 10.1 Å². The lowest BCUT2D eigenvalue weighted by molar-refractivity contribution is -0.387. The number of hydrogen-bond acceptors (Lipinski definition) is 5. The third-order valence-electron chi connectivity index (χ3n) is 3.76. The Morgan fingerprint density at radius 3 is 2.83 bits per heavy atom. The number of amides is 1. The maximum atomic E-state index is 12.9. The zero-order valence-corrected chi connectivity index (χ0v) is 14.6. The summed E-state index contributed by atoms with van der Waals surface area (Å²) < 4.78 is 26.8. The van der Waals surface area contributed by atoms with Crippen LogP contribution in [0.3, 0.4) is 0 Å². The summed E-state index contributed by atoms with van der Waals surface area (Å²) in [5.41, 5.74) is -0.595. The molecule has 1 N–H and O–H groups in total. The summed E-state index contributed by atoms with van der Waals surface area (Å²) in [5.74, 6) is -0.380. The molecule has 1 fully saturated rings. The fourth-order valence-electron chi connectivity index (χ4n) is 2.63. The summed E-state index contributed by atoms with van der Waals surface area (Å²) in [5, 5.41) is 13.9. The lowest BCUT2D eigenvalue weighted by atomic mass is 10.2. The summed E-state index contributed by atoms with van der Waals surface area (Å²) in [6.45, 7) is 2.48. The van der Waals surface area contributed by atoms with Gasteiger partial charge in [-0.2, -0.15) is 4.31 Å². The second-order valence-electron chi connectivity index (χ2n) is 5.43. The van der Waals surface area contributed by atoms with Gasteiger partial charge in [0, 0.05) is 24.2 Å². The lowest BCUT2D eigenvalue weighted by Gasteiger charge is -2.23. The number of benzene rings is 1. The molecule has 10 heteroatoms. The molecular formula is C14H18ClN3O5S. The van der Waals surface area contributed by atoms with Crippen LogP contribution in [-0.4, -0.2) is 42.7 Å². The topological polar surface area (TPSA) is 110 Å². The first-order valence-corrected chi connectivity index (χ1v) is 9.34. The molecule has 1 amide bonds. The number of nitrogens with zero attached hydrogens (tertiary/aromatic N) is 2. The molecule has 1 aliphatic rings. The third-order valence-corrected chi connectivity index (χ3v) is 5.95. The van der Waals surface area contributed by atoms with Crippen LogP contribution in [0.5, 0.6) is 0 Å². The Balaban J connectivity index is 2.39. The number of carbonyl (C=O) groups is 1. The summed E-state index contributed by atoms with van der Waals surface area (Å²) >= 11 is 5.73. The van der Waals surface area contributed by atoms with Gasteiger partial charge in [0.15, 0.2) is 4.90 Å². The molecule has 1 aliphatic heterocycles. The maximum Gasteiger partial charge on any atom is 0.290 e. The Bertz CT molecular complexity index is 753. The van der Waals surface area contributed by atoms with Crippen molar-refractivity contribution in [2.75, 3.05) is 13.1 Å². The quantitative estimate of drug-likeness (QED) is 0.603. The number of halogens is 1. The van der Waals surface area contributed by atoms with E-state index >= 15 is 0 Å². The van der Waals surface area contributed by atoms with Crippen LogP contribution >= 0.6 is 11.6 Å². The minimum atomic E-state index is -4.18. The SMILES string of the molecule is CCCNC(=O)[C@@H]1CCCN1S(=O)(=O)c1ccc(Cl)cc1[N+](=O)[O-]. The van der Waals surface area contributed by atoms with Gasteiger partial charge in [-0.1, -0.05) is 18.5 Å². The average molecular weight is 376 g/mol. The Labute approximate surface area is 145 Å². The fraction of sp³-hybridized carbons (Fsp3) is 0.500. The first-order chi connectivity index (χ1) is 11.3. The molecule has 1 aromatic carbocycles. The standard InChI is InChI=1S/C14H18ClN3O5S/c1-2-7-16-14(19)11-4-3-8-17(11)24(22,23)13-6-5-10(15)9-12(13)18(20)21/h5-6,9,11H,2-4,7-8H2,1H3,(H,16,19)/t11-/m0/s1. The number of nitro benzene ring substituents is 1. The molecule has 1 atom stereocenters. The molecule has 24 heavy (non-hydrogen) atoms. The normalized spacial score (nSPS) is 18.5. The van der Waals surface area contributed by atoms with Crippen LogP contribution in [0.2, 0.25) is 5.02 Å². The highest BCUT2D eigenvalue weighted by Crippen LogP contribution is 2.33. The molecule has 0 radical (unpaired) electrons. The van der Waals surface area contributed by atoms with Crippen molar-refractivity contribution in [3.05, 3.63) is 33.3 Å². The minimum absolute atomic E-state index is 0.0688. The van der Waals surface area contributed by atoms with Crippen molar-refractivity contribution in [3.8, 4) is 0 Å². The van der Waals surface area contributed by atoms with Gasteiger partial charge in [0.1, 0.15) is 6.04 Å². The number of rotatable bonds is 6. The Morgan fingerprint density at radius 2 is 2.21 bits per heavy atom. The zero-order valence-electron chi connectivity index (χ0n) is 13.1. The van der Waals surface area contributed by atoms with Crippen LogP contribution in [-0.2, 0) is 14.8 Å². The Kier molecular flexibility index (Phi) is 5.79. The van der Waals surface area contributed by atoms with Gasteiger partial charge in [-0.05, 0) is 31.4 Å². The molecule has 1 heterocycles. The van der Waals surface area contributed by atoms with E-state index in [9.17, 15) is 23.3 Å². The van der Waals surface area contributed by atoms with Crippen LogP contribution < -0.4 is 5.32 Å². The van der Waals surface area contributed by atoms with Gasteiger partial charge in [0.25, 0.3) is 15.7 Å². The molecule has 0 saturated carbocycles. The molecule has 0 aliphatic carbocycles. The van der Waals surface area contributed by atoms with Crippen LogP contribution in [0.4, 0.5) is 5.69 Å². The Hall–Kier alpha value is -1.71. The molecule has 2 rings (SSSR count). The molecule has 0 aromatic heterocycles. The predicted molar refractivity (Wildman–Crippen MR) is 88.3 cm³/mol. The first-order valence-electron chi connectivity index (χ1n) is 7.52. The smallest absolute Gasteiger partial charge is 0.290 e. The van der Waals surface area contributed by atoms with E-state index in [0.717, 1.165) is 22.9 Å². The highest BCUT2D eigenvalue weighted by atomic mass is 35.5. The number of nitrogens with one attached hydrogen (secondary N) is 1. The number of nitro groups is 1. The second-order valence-corrected chi connectivity index (χ2v) is 7.73. The van der Waals surface area contributed by atoms with E-state index in [1.165, 1.54) is 6.07 Å². The summed E-state index contributed by atoms with van der Waals surface area (Å²) in [7, 11) is -4.18. The van der Waals surface area contributed by atoms with Crippen molar-refractivity contribution in [2.24, 2.45) is 0 Å². The number of hydrogen-bond donors (Lipinski definition) is 1. The molecule has 1 saturated heterocycles. The van der Waals surface area contributed by atoms with Crippen LogP contribution in [0.15, 0.2) is 23.1 Å². The van der Waals surface area contributed by atoms with Gasteiger partial charge in [0.2, 0.25) is 5.91 Å². The summed E-state index contributed by atoms with van der Waals surface area (Å²) in [6.07, 6.45) is 1.63. The van der Waals surface area contributed by atoms with Gasteiger partial charge in [0.05, 0.1) is 4.92 Å². The molecule has 0 bridgehead atoms.